The zero-order valence-corrected chi connectivity index (χ0v) is 15.2. The minimum atomic E-state index is -0.450. The zero-order valence-electron chi connectivity index (χ0n) is 15.2. The van der Waals surface area contributed by atoms with Gasteiger partial charge < -0.3 is 9.47 Å². The SMILES string of the molecule is C[C@@H]1CC[C@H]2C(C)(C)[C@@H](C)[C@]3(C)OC(C)(C)O[C@@H]3C[C@]12C. The van der Waals surface area contributed by atoms with Crippen LogP contribution in [0, 0.1) is 28.6 Å². The van der Waals surface area contributed by atoms with Crippen LogP contribution in [-0.2, 0) is 9.47 Å². The first-order chi connectivity index (χ1) is 9.43. The lowest BCUT2D eigenvalue weighted by molar-refractivity contribution is -0.184. The fourth-order valence-corrected chi connectivity index (χ4v) is 6.12. The summed E-state index contributed by atoms with van der Waals surface area (Å²) in [5.41, 5.74) is 0.497. The molecule has 2 saturated carbocycles. The molecule has 3 rings (SSSR count). The minimum Gasteiger partial charge on any atom is -0.344 e. The second-order valence-electron chi connectivity index (χ2n) is 9.58. The number of hydrogen-bond acceptors (Lipinski definition) is 2. The minimum absolute atomic E-state index is 0.167. The highest BCUT2D eigenvalue weighted by atomic mass is 16.8. The number of rotatable bonds is 0. The van der Waals surface area contributed by atoms with Crippen molar-refractivity contribution in [3.63, 3.8) is 0 Å². The Kier molecular flexibility index (Phi) is 3.20. The predicted molar refractivity (Wildman–Crippen MR) is 86.0 cm³/mol. The van der Waals surface area contributed by atoms with Crippen molar-refractivity contribution in [2.24, 2.45) is 28.6 Å². The maximum Gasteiger partial charge on any atom is 0.164 e. The summed E-state index contributed by atoms with van der Waals surface area (Å²) in [6.07, 6.45) is 4.09. The Balaban J connectivity index is 2.09. The van der Waals surface area contributed by atoms with Crippen LogP contribution in [0.15, 0.2) is 0 Å². The van der Waals surface area contributed by atoms with E-state index in [-0.39, 0.29) is 17.1 Å². The molecule has 2 nitrogen and oxygen atoms in total. The molecule has 0 spiro atoms. The van der Waals surface area contributed by atoms with E-state index in [0.717, 1.165) is 18.3 Å². The molecular formula is C19H34O2. The molecule has 3 fully saturated rings. The fourth-order valence-electron chi connectivity index (χ4n) is 6.12. The lowest BCUT2D eigenvalue weighted by Gasteiger charge is -2.47. The molecule has 3 aliphatic rings. The molecule has 0 bridgehead atoms. The second kappa shape index (κ2) is 4.26. The smallest absolute Gasteiger partial charge is 0.164 e. The van der Waals surface area contributed by atoms with Gasteiger partial charge in [-0.25, -0.2) is 0 Å². The van der Waals surface area contributed by atoms with Crippen LogP contribution in [-0.4, -0.2) is 17.5 Å². The van der Waals surface area contributed by atoms with Gasteiger partial charge in [0, 0.05) is 0 Å². The molecule has 0 aromatic rings. The van der Waals surface area contributed by atoms with E-state index >= 15 is 0 Å². The molecule has 6 atom stereocenters. The van der Waals surface area contributed by atoms with E-state index in [2.05, 4.69) is 55.4 Å². The molecule has 1 saturated heterocycles. The Bertz CT molecular complexity index is 441. The third-order valence-corrected chi connectivity index (χ3v) is 7.84. The van der Waals surface area contributed by atoms with Gasteiger partial charge in [0.05, 0.1) is 11.7 Å². The van der Waals surface area contributed by atoms with E-state index in [1.165, 1.54) is 12.8 Å². The van der Waals surface area contributed by atoms with Gasteiger partial charge in [-0.2, -0.15) is 0 Å². The van der Waals surface area contributed by atoms with Crippen molar-refractivity contribution in [1.29, 1.82) is 0 Å². The molecule has 0 aromatic carbocycles. The molecular weight excluding hydrogens is 260 g/mol. The number of ether oxygens (including phenoxy) is 2. The van der Waals surface area contributed by atoms with Crippen LogP contribution >= 0.6 is 0 Å². The Morgan fingerprint density at radius 3 is 2.14 bits per heavy atom. The molecule has 0 unspecified atom stereocenters. The third-order valence-electron chi connectivity index (χ3n) is 7.84. The van der Waals surface area contributed by atoms with Crippen molar-refractivity contribution in [2.75, 3.05) is 0 Å². The topological polar surface area (TPSA) is 18.5 Å². The van der Waals surface area contributed by atoms with E-state index < -0.39 is 5.79 Å². The van der Waals surface area contributed by atoms with Crippen LogP contribution in [0.2, 0.25) is 0 Å². The number of fused-ring (bicyclic) bond motifs is 2. The first-order valence-corrected chi connectivity index (χ1v) is 8.81. The first-order valence-electron chi connectivity index (χ1n) is 8.81. The average Bonchev–Trinajstić information content (AvgIpc) is 2.73. The standard InChI is InChI=1S/C19H34O2/c1-12-9-10-14-16(3,4)13(2)19(8)15(11-18(12,14)7)20-17(5,6)21-19/h12-15H,9-11H2,1-8H3/t12-,13-,14+,15-,18-,19+/m1/s1. The van der Waals surface area contributed by atoms with Crippen LogP contribution in [0.3, 0.4) is 0 Å². The van der Waals surface area contributed by atoms with Crippen molar-refractivity contribution in [1.82, 2.24) is 0 Å². The molecule has 21 heavy (non-hydrogen) atoms. The summed E-state index contributed by atoms with van der Waals surface area (Å²) >= 11 is 0. The van der Waals surface area contributed by atoms with Gasteiger partial charge in [-0.15, -0.1) is 0 Å². The Morgan fingerprint density at radius 1 is 0.905 bits per heavy atom. The zero-order chi connectivity index (χ0) is 15.8. The molecule has 122 valence electrons. The third kappa shape index (κ3) is 1.97. The maximum absolute atomic E-state index is 6.49. The predicted octanol–water partition coefficient (Wildman–Crippen LogP) is 5.02. The number of hydrogen-bond donors (Lipinski definition) is 0. The van der Waals surface area contributed by atoms with Gasteiger partial charge in [-0.1, -0.05) is 34.6 Å². The highest BCUT2D eigenvalue weighted by Gasteiger charge is 2.65. The largest absolute Gasteiger partial charge is 0.344 e. The summed E-state index contributed by atoms with van der Waals surface area (Å²) in [5.74, 6) is 1.60. The molecule has 0 radical (unpaired) electrons. The van der Waals surface area contributed by atoms with E-state index in [4.69, 9.17) is 9.47 Å². The Morgan fingerprint density at radius 2 is 1.52 bits per heavy atom. The lowest BCUT2D eigenvalue weighted by Crippen LogP contribution is -2.48. The Labute approximate surface area is 131 Å². The summed E-state index contributed by atoms with van der Waals surface area (Å²) in [6, 6.07) is 0. The van der Waals surface area contributed by atoms with Crippen molar-refractivity contribution >= 4 is 0 Å². The monoisotopic (exact) mass is 294 g/mol. The quantitative estimate of drug-likeness (QED) is 0.625. The second-order valence-corrected chi connectivity index (χ2v) is 9.58. The summed E-state index contributed by atoms with van der Waals surface area (Å²) < 4.78 is 12.9. The van der Waals surface area contributed by atoms with Crippen molar-refractivity contribution in [3.8, 4) is 0 Å². The molecule has 2 aliphatic carbocycles. The molecule has 0 N–H and O–H groups in total. The van der Waals surface area contributed by atoms with Crippen LogP contribution in [0.5, 0.6) is 0 Å². The van der Waals surface area contributed by atoms with Gasteiger partial charge in [0.25, 0.3) is 0 Å². The first kappa shape index (κ1) is 15.8. The van der Waals surface area contributed by atoms with Gasteiger partial charge in [-0.3, -0.25) is 0 Å². The van der Waals surface area contributed by atoms with Crippen LogP contribution in [0.1, 0.15) is 74.7 Å². The molecule has 1 heterocycles. The van der Waals surface area contributed by atoms with E-state index in [0.29, 0.717) is 11.3 Å². The van der Waals surface area contributed by atoms with Gasteiger partial charge in [-0.05, 0) is 68.6 Å². The fraction of sp³-hybridized carbons (Fsp3) is 1.00. The average molecular weight is 294 g/mol. The summed E-state index contributed by atoms with van der Waals surface area (Å²) in [6.45, 7) is 18.8. The van der Waals surface area contributed by atoms with Crippen molar-refractivity contribution < 1.29 is 9.47 Å². The van der Waals surface area contributed by atoms with Crippen LogP contribution < -0.4 is 0 Å². The summed E-state index contributed by atoms with van der Waals surface area (Å²) in [5, 5.41) is 0. The highest BCUT2D eigenvalue weighted by Crippen LogP contribution is 2.65. The van der Waals surface area contributed by atoms with Gasteiger partial charge in [0.1, 0.15) is 0 Å². The van der Waals surface area contributed by atoms with Crippen LogP contribution in [0.25, 0.3) is 0 Å². The highest BCUT2D eigenvalue weighted by molar-refractivity contribution is 5.12. The lowest BCUT2D eigenvalue weighted by atomic mass is 9.59. The Hall–Kier alpha value is -0.0800. The summed E-state index contributed by atoms with van der Waals surface area (Å²) in [4.78, 5) is 0. The van der Waals surface area contributed by atoms with E-state index in [1.807, 2.05) is 0 Å². The maximum atomic E-state index is 6.49. The summed E-state index contributed by atoms with van der Waals surface area (Å²) in [7, 11) is 0. The van der Waals surface area contributed by atoms with Gasteiger partial charge >= 0.3 is 0 Å². The molecule has 0 aromatic heterocycles. The van der Waals surface area contributed by atoms with Crippen molar-refractivity contribution in [3.05, 3.63) is 0 Å². The van der Waals surface area contributed by atoms with E-state index in [1.54, 1.807) is 0 Å². The molecule has 2 heteroatoms. The van der Waals surface area contributed by atoms with Gasteiger partial charge in [0.2, 0.25) is 0 Å². The van der Waals surface area contributed by atoms with Crippen molar-refractivity contribution in [2.45, 2.75) is 92.1 Å². The molecule has 1 aliphatic heterocycles. The van der Waals surface area contributed by atoms with E-state index in [9.17, 15) is 0 Å². The van der Waals surface area contributed by atoms with Crippen LogP contribution in [0.4, 0.5) is 0 Å². The normalized spacial score (nSPS) is 54.9. The van der Waals surface area contributed by atoms with Gasteiger partial charge in [0.15, 0.2) is 5.79 Å². The molecule has 0 amide bonds.